The zero-order chi connectivity index (χ0) is 13.7. The number of nitrogens with one attached hydrogen (secondary N) is 1. The third-order valence-electron chi connectivity index (χ3n) is 4.04. The van der Waals surface area contributed by atoms with Gasteiger partial charge in [0.25, 0.3) is 0 Å². The van der Waals surface area contributed by atoms with Crippen molar-refractivity contribution in [3.05, 3.63) is 23.4 Å². The lowest BCUT2D eigenvalue weighted by Gasteiger charge is -2.26. The molecule has 19 heavy (non-hydrogen) atoms. The van der Waals surface area contributed by atoms with E-state index in [2.05, 4.69) is 23.3 Å². The molecule has 2 unspecified atom stereocenters. The van der Waals surface area contributed by atoms with Crippen molar-refractivity contribution < 1.29 is 0 Å². The van der Waals surface area contributed by atoms with E-state index in [9.17, 15) is 0 Å². The Kier molecular flexibility index (Phi) is 4.79. The van der Waals surface area contributed by atoms with E-state index in [-0.39, 0.29) is 0 Å². The Morgan fingerprint density at radius 1 is 1.42 bits per heavy atom. The molecule has 1 fully saturated rings. The maximum atomic E-state index is 9.06. The molecule has 0 aromatic carbocycles. The Balaban J connectivity index is 1.85. The number of nitriles is 1. The molecule has 0 aliphatic heterocycles. The molecule has 3 heteroatoms. The molecule has 102 valence electrons. The van der Waals surface area contributed by atoms with Crippen LogP contribution in [0.5, 0.6) is 0 Å². The average Bonchev–Trinajstić information content (AvgIpc) is 2.39. The highest BCUT2D eigenvalue weighted by Crippen LogP contribution is 2.30. The van der Waals surface area contributed by atoms with Crippen LogP contribution in [0.3, 0.4) is 0 Å². The van der Waals surface area contributed by atoms with Crippen molar-refractivity contribution in [1.29, 1.82) is 5.26 Å². The molecule has 1 saturated carbocycles. The molecule has 2 atom stereocenters. The van der Waals surface area contributed by atoms with Crippen LogP contribution in [0.2, 0.25) is 0 Å². The van der Waals surface area contributed by atoms with E-state index in [0.29, 0.717) is 5.56 Å². The fourth-order valence-electron chi connectivity index (χ4n) is 3.00. The lowest BCUT2D eigenvalue weighted by Crippen LogP contribution is -2.17. The summed E-state index contributed by atoms with van der Waals surface area (Å²) < 4.78 is 0. The highest BCUT2D eigenvalue weighted by Gasteiger charge is 2.18. The van der Waals surface area contributed by atoms with Gasteiger partial charge in [0.05, 0.1) is 5.56 Å². The summed E-state index contributed by atoms with van der Waals surface area (Å²) in [7, 11) is 0. The SMILES string of the molecule is Cc1ccc(C#N)c(NCCC2CCCC(C)C2)n1. The van der Waals surface area contributed by atoms with E-state index < -0.39 is 0 Å². The summed E-state index contributed by atoms with van der Waals surface area (Å²) >= 11 is 0. The van der Waals surface area contributed by atoms with Gasteiger partial charge in [-0.15, -0.1) is 0 Å². The van der Waals surface area contributed by atoms with Gasteiger partial charge in [-0.05, 0) is 43.7 Å². The zero-order valence-corrected chi connectivity index (χ0v) is 11.9. The Labute approximate surface area is 116 Å². The van der Waals surface area contributed by atoms with Crippen molar-refractivity contribution in [2.45, 2.75) is 46.0 Å². The Bertz CT molecular complexity index is 462. The van der Waals surface area contributed by atoms with E-state index >= 15 is 0 Å². The van der Waals surface area contributed by atoms with Gasteiger partial charge in [0.1, 0.15) is 11.9 Å². The highest BCUT2D eigenvalue weighted by atomic mass is 15.0. The predicted octanol–water partition coefficient (Wildman–Crippen LogP) is 3.89. The molecule has 3 nitrogen and oxygen atoms in total. The number of anilines is 1. The standard InChI is InChI=1S/C16H23N3/c1-12-4-3-5-14(10-12)8-9-18-16-15(11-17)7-6-13(2)19-16/h6-7,12,14H,3-5,8-10H2,1-2H3,(H,18,19). The molecule has 0 radical (unpaired) electrons. The van der Waals surface area contributed by atoms with Crippen LogP contribution in [-0.2, 0) is 0 Å². The van der Waals surface area contributed by atoms with Crippen molar-refractivity contribution in [2.75, 3.05) is 11.9 Å². The van der Waals surface area contributed by atoms with Gasteiger partial charge >= 0.3 is 0 Å². The topological polar surface area (TPSA) is 48.7 Å². The quantitative estimate of drug-likeness (QED) is 0.890. The second kappa shape index (κ2) is 6.56. The highest BCUT2D eigenvalue weighted by molar-refractivity contribution is 5.52. The van der Waals surface area contributed by atoms with Crippen molar-refractivity contribution in [2.24, 2.45) is 11.8 Å². The third-order valence-corrected chi connectivity index (χ3v) is 4.04. The Morgan fingerprint density at radius 2 is 2.26 bits per heavy atom. The number of aromatic nitrogens is 1. The third kappa shape index (κ3) is 3.96. The monoisotopic (exact) mass is 257 g/mol. The normalized spacial score (nSPS) is 22.8. The molecule has 0 bridgehead atoms. The van der Waals surface area contributed by atoms with Crippen molar-refractivity contribution >= 4 is 5.82 Å². The lowest BCUT2D eigenvalue weighted by atomic mass is 9.81. The minimum Gasteiger partial charge on any atom is -0.369 e. The van der Waals surface area contributed by atoms with Crippen LogP contribution in [0, 0.1) is 30.1 Å². The number of rotatable bonds is 4. The van der Waals surface area contributed by atoms with Gasteiger partial charge in [0.2, 0.25) is 0 Å². The van der Waals surface area contributed by atoms with Gasteiger partial charge in [0, 0.05) is 12.2 Å². The van der Waals surface area contributed by atoms with Gasteiger partial charge in [-0.1, -0.05) is 26.2 Å². The summed E-state index contributed by atoms with van der Waals surface area (Å²) in [6, 6.07) is 5.92. The first-order valence-electron chi connectivity index (χ1n) is 7.30. The van der Waals surface area contributed by atoms with E-state index in [0.717, 1.165) is 29.9 Å². The molecule has 1 heterocycles. The Hall–Kier alpha value is -1.56. The second-order valence-corrected chi connectivity index (χ2v) is 5.81. The zero-order valence-electron chi connectivity index (χ0n) is 11.9. The number of pyridine rings is 1. The maximum Gasteiger partial charge on any atom is 0.144 e. The number of aryl methyl sites for hydroxylation is 1. The molecule has 0 amide bonds. The van der Waals surface area contributed by atoms with Crippen LogP contribution in [0.15, 0.2) is 12.1 Å². The van der Waals surface area contributed by atoms with Gasteiger partial charge < -0.3 is 5.32 Å². The molecular weight excluding hydrogens is 234 g/mol. The van der Waals surface area contributed by atoms with Crippen LogP contribution < -0.4 is 5.32 Å². The minimum atomic E-state index is 0.641. The molecule has 1 aromatic rings. The molecule has 1 aliphatic rings. The largest absolute Gasteiger partial charge is 0.369 e. The van der Waals surface area contributed by atoms with Gasteiger partial charge in [0.15, 0.2) is 0 Å². The van der Waals surface area contributed by atoms with Crippen LogP contribution >= 0.6 is 0 Å². The molecular formula is C16H23N3. The number of hydrogen-bond acceptors (Lipinski definition) is 3. The smallest absolute Gasteiger partial charge is 0.144 e. The lowest BCUT2D eigenvalue weighted by molar-refractivity contribution is 0.274. The van der Waals surface area contributed by atoms with Gasteiger partial charge in [-0.25, -0.2) is 4.98 Å². The summed E-state index contributed by atoms with van der Waals surface area (Å²) in [6.07, 6.45) is 6.66. The summed E-state index contributed by atoms with van der Waals surface area (Å²) in [4.78, 5) is 4.41. The molecule has 0 saturated heterocycles. The molecule has 1 N–H and O–H groups in total. The van der Waals surface area contributed by atoms with Crippen molar-refractivity contribution in [3.8, 4) is 6.07 Å². The summed E-state index contributed by atoms with van der Waals surface area (Å²) in [5.41, 5.74) is 1.59. The molecule has 1 aromatic heterocycles. The minimum absolute atomic E-state index is 0.641. The fraction of sp³-hybridized carbons (Fsp3) is 0.625. The Morgan fingerprint density at radius 3 is 3.00 bits per heavy atom. The first-order valence-corrected chi connectivity index (χ1v) is 7.30. The van der Waals surface area contributed by atoms with E-state index in [1.807, 2.05) is 19.1 Å². The summed E-state index contributed by atoms with van der Waals surface area (Å²) in [5, 5.41) is 12.4. The number of hydrogen-bond donors (Lipinski definition) is 1. The summed E-state index contributed by atoms with van der Waals surface area (Å²) in [6.45, 7) is 5.23. The van der Waals surface area contributed by atoms with Crippen LogP contribution in [-0.4, -0.2) is 11.5 Å². The predicted molar refractivity (Wildman–Crippen MR) is 77.9 cm³/mol. The molecule has 2 rings (SSSR count). The molecule has 1 aliphatic carbocycles. The number of nitrogens with zero attached hydrogens (tertiary/aromatic N) is 2. The maximum absolute atomic E-state index is 9.06. The van der Waals surface area contributed by atoms with Crippen molar-refractivity contribution in [1.82, 2.24) is 4.98 Å². The first kappa shape index (κ1) is 13.9. The van der Waals surface area contributed by atoms with Gasteiger partial charge in [-0.3, -0.25) is 0 Å². The summed E-state index contributed by atoms with van der Waals surface area (Å²) in [5.74, 6) is 2.46. The average molecular weight is 257 g/mol. The second-order valence-electron chi connectivity index (χ2n) is 5.81. The van der Waals surface area contributed by atoms with E-state index in [1.165, 1.54) is 32.1 Å². The van der Waals surface area contributed by atoms with Crippen molar-refractivity contribution in [3.63, 3.8) is 0 Å². The van der Waals surface area contributed by atoms with Crippen LogP contribution in [0.4, 0.5) is 5.82 Å². The van der Waals surface area contributed by atoms with E-state index in [4.69, 9.17) is 5.26 Å². The van der Waals surface area contributed by atoms with Gasteiger partial charge in [-0.2, -0.15) is 5.26 Å². The van der Waals surface area contributed by atoms with Crippen LogP contribution in [0.25, 0.3) is 0 Å². The van der Waals surface area contributed by atoms with E-state index in [1.54, 1.807) is 0 Å². The fourth-order valence-corrected chi connectivity index (χ4v) is 3.00. The molecule has 0 spiro atoms. The van der Waals surface area contributed by atoms with Crippen LogP contribution in [0.1, 0.15) is 50.3 Å². The first-order chi connectivity index (χ1) is 9.19.